The van der Waals surface area contributed by atoms with Gasteiger partial charge in [-0.2, -0.15) is 0 Å². The average Bonchev–Trinajstić information content (AvgIpc) is 3.18. The first-order valence-electron chi connectivity index (χ1n) is 6.62. The highest BCUT2D eigenvalue weighted by Gasteiger charge is 2.20. The van der Waals surface area contributed by atoms with Gasteiger partial charge in [0.25, 0.3) is 0 Å². The maximum Gasteiger partial charge on any atom is 0.225 e. The maximum absolute atomic E-state index is 9.05. The zero-order valence-electron chi connectivity index (χ0n) is 11.1. The Morgan fingerprint density at radius 2 is 2.06 bits per heavy atom. The molecule has 0 saturated heterocycles. The molecular weight excluding hydrogens is 228 g/mol. The molecule has 0 aliphatic heterocycles. The lowest BCUT2D eigenvalue weighted by Crippen LogP contribution is -2.34. The summed E-state index contributed by atoms with van der Waals surface area (Å²) in [4.78, 5) is 10.8. The first-order chi connectivity index (χ1) is 8.70. The van der Waals surface area contributed by atoms with Crippen LogP contribution < -0.4 is 10.2 Å². The Kier molecular flexibility index (Phi) is 4.49. The Labute approximate surface area is 108 Å². The Bertz CT molecular complexity index is 362. The summed E-state index contributed by atoms with van der Waals surface area (Å²) >= 11 is 0. The first kappa shape index (κ1) is 13.2. The summed E-state index contributed by atoms with van der Waals surface area (Å²) in [5.41, 5.74) is 1.11. The molecular formula is C13H22N4O. The van der Waals surface area contributed by atoms with E-state index in [-0.39, 0.29) is 12.6 Å². The van der Waals surface area contributed by atoms with Crippen LogP contribution >= 0.6 is 0 Å². The summed E-state index contributed by atoms with van der Waals surface area (Å²) in [7, 11) is 0. The number of hydrogen-bond acceptors (Lipinski definition) is 5. The molecule has 0 amide bonds. The molecule has 0 bridgehead atoms. The van der Waals surface area contributed by atoms with Gasteiger partial charge in [-0.3, -0.25) is 0 Å². The van der Waals surface area contributed by atoms with Crippen molar-refractivity contribution in [1.82, 2.24) is 15.3 Å². The van der Waals surface area contributed by atoms with Crippen LogP contribution in [0.5, 0.6) is 0 Å². The summed E-state index contributed by atoms with van der Waals surface area (Å²) in [6.45, 7) is 5.67. The van der Waals surface area contributed by atoms with Gasteiger partial charge in [-0.05, 0) is 26.7 Å². The van der Waals surface area contributed by atoms with E-state index in [1.807, 2.05) is 17.3 Å². The van der Waals surface area contributed by atoms with E-state index < -0.39 is 0 Å². The third-order valence-corrected chi connectivity index (χ3v) is 3.09. The second-order valence-corrected chi connectivity index (χ2v) is 5.06. The largest absolute Gasteiger partial charge is 0.395 e. The van der Waals surface area contributed by atoms with Crippen molar-refractivity contribution in [3.8, 4) is 0 Å². The Morgan fingerprint density at radius 3 is 2.56 bits per heavy atom. The van der Waals surface area contributed by atoms with Gasteiger partial charge in [-0.15, -0.1) is 0 Å². The lowest BCUT2D eigenvalue weighted by Gasteiger charge is -2.25. The monoisotopic (exact) mass is 250 g/mol. The Hall–Kier alpha value is -1.20. The molecule has 2 rings (SSSR count). The highest BCUT2D eigenvalue weighted by atomic mass is 16.3. The van der Waals surface area contributed by atoms with Crippen molar-refractivity contribution in [1.29, 1.82) is 0 Å². The lowest BCUT2D eigenvalue weighted by atomic mass is 10.3. The smallest absolute Gasteiger partial charge is 0.225 e. The number of aliphatic hydroxyl groups is 1. The van der Waals surface area contributed by atoms with Gasteiger partial charge in [-0.25, -0.2) is 9.97 Å². The molecule has 2 N–H and O–H groups in total. The number of nitrogens with one attached hydrogen (secondary N) is 1. The van der Waals surface area contributed by atoms with E-state index in [0.29, 0.717) is 18.5 Å². The average molecular weight is 250 g/mol. The van der Waals surface area contributed by atoms with Crippen LogP contribution in [0.3, 0.4) is 0 Å². The van der Waals surface area contributed by atoms with E-state index in [9.17, 15) is 0 Å². The van der Waals surface area contributed by atoms with Crippen LogP contribution in [0.2, 0.25) is 0 Å². The summed E-state index contributed by atoms with van der Waals surface area (Å²) in [5.74, 6) is 0.689. The van der Waals surface area contributed by atoms with Crippen LogP contribution in [-0.4, -0.2) is 40.3 Å². The van der Waals surface area contributed by atoms with Crippen LogP contribution in [0, 0.1) is 0 Å². The van der Waals surface area contributed by atoms with E-state index >= 15 is 0 Å². The topological polar surface area (TPSA) is 61.3 Å². The van der Waals surface area contributed by atoms with Crippen LogP contribution in [0.1, 0.15) is 32.3 Å². The summed E-state index contributed by atoms with van der Waals surface area (Å²) < 4.78 is 0. The Morgan fingerprint density at radius 1 is 1.39 bits per heavy atom. The molecule has 18 heavy (non-hydrogen) atoms. The molecule has 0 spiro atoms. The van der Waals surface area contributed by atoms with Crippen molar-refractivity contribution in [3.63, 3.8) is 0 Å². The van der Waals surface area contributed by atoms with Gasteiger partial charge in [-0.1, -0.05) is 0 Å². The van der Waals surface area contributed by atoms with Crippen molar-refractivity contribution in [3.05, 3.63) is 18.0 Å². The fourth-order valence-electron chi connectivity index (χ4n) is 1.83. The molecule has 100 valence electrons. The highest BCUT2D eigenvalue weighted by molar-refractivity contribution is 5.31. The van der Waals surface area contributed by atoms with Crippen molar-refractivity contribution in [2.75, 3.05) is 18.1 Å². The molecule has 0 radical (unpaired) electrons. The molecule has 1 aliphatic rings. The normalized spacial score (nSPS) is 15.1. The molecule has 1 heterocycles. The van der Waals surface area contributed by atoms with E-state index in [1.165, 1.54) is 12.8 Å². The second kappa shape index (κ2) is 6.11. The first-order valence-corrected chi connectivity index (χ1v) is 6.62. The van der Waals surface area contributed by atoms with Gasteiger partial charge < -0.3 is 15.3 Å². The van der Waals surface area contributed by atoms with E-state index in [2.05, 4.69) is 29.1 Å². The molecule has 1 fully saturated rings. The van der Waals surface area contributed by atoms with Gasteiger partial charge in [0.05, 0.1) is 6.61 Å². The van der Waals surface area contributed by atoms with Crippen LogP contribution in [0.15, 0.2) is 12.4 Å². The minimum Gasteiger partial charge on any atom is -0.395 e. The number of aliphatic hydroxyl groups excluding tert-OH is 1. The summed E-state index contributed by atoms with van der Waals surface area (Å²) in [5, 5.41) is 12.5. The maximum atomic E-state index is 9.05. The van der Waals surface area contributed by atoms with Crippen molar-refractivity contribution in [2.45, 2.75) is 45.3 Å². The third kappa shape index (κ3) is 3.65. The summed E-state index contributed by atoms with van der Waals surface area (Å²) in [6, 6.07) is 0.985. The zero-order valence-corrected chi connectivity index (χ0v) is 11.1. The molecule has 0 unspecified atom stereocenters. The van der Waals surface area contributed by atoms with Gasteiger partial charge in [0.1, 0.15) is 0 Å². The zero-order chi connectivity index (χ0) is 13.0. The molecule has 1 aliphatic carbocycles. The highest BCUT2D eigenvalue weighted by Crippen LogP contribution is 2.19. The molecule has 5 nitrogen and oxygen atoms in total. The van der Waals surface area contributed by atoms with E-state index in [0.717, 1.165) is 12.1 Å². The van der Waals surface area contributed by atoms with Gasteiger partial charge in [0, 0.05) is 43.1 Å². The van der Waals surface area contributed by atoms with Crippen molar-refractivity contribution < 1.29 is 5.11 Å². The third-order valence-electron chi connectivity index (χ3n) is 3.09. The number of hydrogen-bond donors (Lipinski definition) is 2. The Balaban J connectivity index is 1.95. The fourth-order valence-corrected chi connectivity index (χ4v) is 1.83. The SMILES string of the molecule is CC(C)N(CCO)c1ncc(CNC2CC2)cn1. The van der Waals surface area contributed by atoms with Crippen molar-refractivity contribution in [2.24, 2.45) is 0 Å². The van der Waals surface area contributed by atoms with Crippen molar-refractivity contribution >= 4 is 5.95 Å². The fraction of sp³-hybridized carbons (Fsp3) is 0.692. The van der Waals surface area contributed by atoms with Crippen LogP contribution in [-0.2, 0) is 6.54 Å². The molecule has 1 aromatic rings. The minimum absolute atomic E-state index is 0.118. The van der Waals surface area contributed by atoms with Crippen LogP contribution in [0.4, 0.5) is 5.95 Å². The van der Waals surface area contributed by atoms with Crippen LogP contribution in [0.25, 0.3) is 0 Å². The standard InChI is InChI=1S/C13H22N4O/c1-10(2)17(5-6-18)13-15-8-11(9-16-13)7-14-12-3-4-12/h8-10,12,14,18H,3-7H2,1-2H3. The van der Waals surface area contributed by atoms with E-state index in [4.69, 9.17) is 5.11 Å². The van der Waals surface area contributed by atoms with Gasteiger partial charge in [0.15, 0.2) is 0 Å². The summed E-state index contributed by atoms with van der Waals surface area (Å²) in [6.07, 6.45) is 6.31. The van der Waals surface area contributed by atoms with Gasteiger partial charge in [0.2, 0.25) is 5.95 Å². The lowest BCUT2D eigenvalue weighted by molar-refractivity contribution is 0.298. The molecule has 0 aromatic carbocycles. The number of aromatic nitrogens is 2. The quantitative estimate of drug-likeness (QED) is 0.754. The predicted octanol–water partition coefficient (Wildman–Crippen LogP) is 0.936. The molecule has 1 saturated carbocycles. The predicted molar refractivity (Wildman–Crippen MR) is 71.5 cm³/mol. The number of anilines is 1. The van der Waals surface area contributed by atoms with Gasteiger partial charge >= 0.3 is 0 Å². The minimum atomic E-state index is 0.118. The van der Waals surface area contributed by atoms with E-state index in [1.54, 1.807) is 0 Å². The molecule has 1 aromatic heterocycles. The molecule has 5 heteroatoms. The number of rotatable bonds is 7. The number of nitrogens with zero attached hydrogens (tertiary/aromatic N) is 3. The second-order valence-electron chi connectivity index (χ2n) is 5.06. The molecule has 0 atom stereocenters.